The maximum Gasteiger partial charge on any atom is 0.305 e. The fourth-order valence-corrected chi connectivity index (χ4v) is 2.80. The third-order valence-electron chi connectivity index (χ3n) is 5.16. The highest BCUT2D eigenvalue weighted by Gasteiger charge is 2.38. The Morgan fingerprint density at radius 1 is 0.529 bits per heavy atom. The third kappa shape index (κ3) is 16.5. The lowest BCUT2D eigenvalue weighted by atomic mass is 9.90. The van der Waals surface area contributed by atoms with Gasteiger partial charge in [0.15, 0.2) is 0 Å². The Morgan fingerprint density at radius 2 is 0.882 bits per heavy atom. The van der Waals surface area contributed by atoms with Crippen LogP contribution >= 0.6 is 0 Å². The molecule has 0 aliphatic heterocycles. The second-order valence-corrected chi connectivity index (χ2v) is 10.2. The topological polar surface area (TPSA) is 105 Å². The lowest BCUT2D eigenvalue weighted by Gasteiger charge is -2.31. The third-order valence-corrected chi connectivity index (χ3v) is 5.16. The summed E-state index contributed by atoms with van der Waals surface area (Å²) in [5.74, 6) is -1.63. The summed E-state index contributed by atoms with van der Waals surface area (Å²) < 4.78 is 21.8. The van der Waals surface area contributed by atoms with Gasteiger partial charge < -0.3 is 18.9 Å². The van der Waals surface area contributed by atoms with E-state index in [1.165, 1.54) is 0 Å². The number of hydrogen-bond acceptors (Lipinski definition) is 8. The van der Waals surface area contributed by atoms with Crippen molar-refractivity contribution in [1.82, 2.24) is 0 Å². The van der Waals surface area contributed by atoms with Crippen LogP contribution in [0.25, 0.3) is 0 Å². The molecule has 0 aliphatic carbocycles. The molecule has 8 heteroatoms. The number of carbonyl (C=O) groups excluding carboxylic acids is 4. The van der Waals surface area contributed by atoms with Gasteiger partial charge in [-0.15, -0.1) is 0 Å². The van der Waals surface area contributed by atoms with Crippen molar-refractivity contribution in [3.05, 3.63) is 0 Å². The fraction of sp³-hybridized carbons (Fsp3) is 0.846. The Balaban J connectivity index is 5.48. The first-order valence-electron chi connectivity index (χ1n) is 12.6. The summed E-state index contributed by atoms with van der Waals surface area (Å²) in [4.78, 5) is 48.8. The molecule has 0 fully saturated rings. The highest BCUT2D eigenvalue weighted by atomic mass is 16.6. The Kier molecular flexibility index (Phi) is 16.3. The van der Waals surface area contributed by atoms with Gasteiger partial charge in [-0.3, -0.25) is 19.2 Å². The van der Waals surface area contributed by atoms with Gasteiger partial charge in [-0.05, 0) is 31.1 Å². The van der Waals surface area contributed by atoms with E-state index in [9.17, 15) is 19.2 Å². The van der Waals surface area contributed by atoms with E-state index in [1.54, 1.807) is 0 Å². The van der Waals surface area contributed by atoms with E-state index in [2.05, 4.69) is 0 Å². The van der Waals surface area contributed by atoms with Gasteiger partial charge in [0.25, 0.3) is 0 Å². The summed E-state index contributed by atoms with van der Waals surface area (Å²) in [6.07, 6.45) is 5.28. The molecule has 0 unspecified atom stereocenters. The second kappa shape index (κ2) is 17.3. The van der Waals surface area contributed by atoms with Crippen LogP contribution in [-0.2, 0) is 38.1 Å². The summed E-state index contributed by atoms with van der Waals surface area (Å²) in [5, 5.41) is 0. The summed E-state index contributed by atoms with van der Waals surface area (Å²) in [6.45, 7) is 11.1. The van der Waals surface area contributed by atoms with Crippen molar-refractivity contribution in [3.63, 3.8) is 0 Å². The van der Waals surface area contributed by atoms with Crippen LogP contribution in [0.5, 0.6) is 0 Å². The molecule has 34 heavy (non-hydrogen) atoms. The molecule has 0 N–H and O–H groups in total. The lowest BCUT2D eigenvalue weighted by molar-refractivity contribution is -0.171. The minimum atomic E-state index is -1.18. The SMILES string of the molecule is CCCCC(=O)OCC(COC(=O)CCC)(COC(=O)CCCC)COC(=O)CCC(C)(C)C. The summed E-state index contributed by atoms with van der Waals surface area (Å²) in [5.41, 5.74) is -1.21. The molecule has 0 aromatic rings. The molecule has 0 saturated heterocycles. The van der Waals surface area contributed by atoms with Crippen molar-refractivity contribution in [3.8, 4) is 0 Å². The average Bonchev–Trinajstić information content (AvgIpc) is 2.78. The largest absolute Gasteiger partial charge is 0.465 e. The first-order valence-corrected chi connectivity index (χ1v) is 12.6. The Morgan fingerprint density at radius 3 is 1.21 bits per heavy atom. The molecule has 0 heterocycles. The Labute approximate surface area is 205 Å². The standard InChI is InChI=1S/C26H46O8/c1-7-10-13-22(28)32-18-26(17-31-21(27)12-9-3,19-33-23(29)14-11-8-2)20-34-24(30)15-16-25(4,5)6/h7-20H2,1-6H3. The summed E-state index contributed by atoms with van der Waals surface area (Å²) in [7, 11) is 0. The maximum absolute atomic E-state index is 12.4. The van der Waals surface area contributed by atoms with Crippen LogP contribution in [0.4, 0.5) is 0 Å². The van der Waals surface area contributed by atoms with Crippen LogP contribution in [0.1, 0.15) is 106 Å². The molecular formula is C26H46O8. The molecular weight excluding hydrogens is 440 g/mol. The van der Waals surface area contributed by atoms with E-state index >= 15 is 0 Å². The normalized spacial score (nSPS) is 11.6. The highest BCUT2D eigenvalue weighted by Crippen LogP contribution is 2.24. The number of rotatable bonds is 18. The molecule has 0 rings (SSSR count). The molecule has 0 aliphatic rings. The number of ether oxygens (including phenoxy) is 4. The van der Waals surface area contributed by atoms with Crippen molar-refractivity contribution < 1.29 is 38.1 Å². The second-order valence-electron chi connectivity index (χ2n) is 10.2. The van der Waals surface area contributed by atoms with Crippen molar-refractivity contribution in [2.75, 3.05) is 26.4 Å². The number of unbranched alkanes of at least 4 members (excludes halogenated alkanes) is 2. The maximum atomic E-state index is 12.4. The number of esters is 4. The van der Waals surface area contributed by atoms with Crippen molar-refractivity contribution in [2.24, 2.45) is 10.8 Å². The zero-order valence-electron chi connectivity index (χ0n) is 22.2. The summed E-state index contributed by atoms with van der Waals surface area (Å²) >= 11 is 0. The Bertz CT molecular complexity index is 597. The number of carbonyl (C=O) groups is 4. The van der Waals surface area contributed by atoms with E-state index in [4.69, 9.17) is 18.9 Å². The highest BCUT2D eigenvalue weighted by molar-refractivity contribution is 5.71. The van der Waals surface area contributed by atoms with E-state index in [-0.39, 0.29) is 57.5 Å². The quantitative estimate of drug-likeness (QED) is 0.193. The first-order chi connectivity index (χ1) is 16.0. The van der Waals surface area contributed by atoms with Crippen molar-refractivity contribution >= 4 is 23.9 Å². The predicted octanol–water partition coefficient (Wildman–Crippen LogP) is 5.15. The van der Waals surface area contributed by atoms with Gasteiger partial charge in [0, 0.05) is 25.7 Å². The molecule has 0 bridgehead atoms. The molecule has 0 aromatic carbocycles. The molecule has 8 nitrogen and oxygen atoms in total. The van der Waals surface area contributed by atoms with E-state index in [0.717, 1.165) is 12.8 Å². The van der Waals surface area contributed by atoms with E-state index in [1.807, 2.05) is 41.5 Å². The van der Waals surface area contributed by atoms with Crippen LogP contribution in [-0.4, -0.2) is 50.3 Å². The van der Waals surface area contributed by atoms with E-state index < -0.39 is 29.3 Å². The number of hydrogen-bond donors (Lipinski definition) is 0. The zero-order chi connectivity index (χ0) is 26.0. The molecule has 0 saturated carbocycles. The molecule has 0 radical (unpaired) electrons. The van der Waals surface area contributed by atoms with Crippen molar-refractivity contribution in [2.45, 2.75) is 106 Å². The lowest BCUT2D eigenvalue weighted by Crippen LogP contribution is -2.44. The molecule has 0 aromatic heterocycles. The fourth-order valence-electron chi connectivity index (χ4n) is 2.80. The minimum Gasteiger partial charge on any atom is -0.465 e. The summed E-state index contributed by atoms with van der Waals surface area (Å²) in [6, 6.07) is 0. The molecule has 0 atom stereocenters. The monoisotopic (exact) mass is 486 g/mol. The predicted molar refractivity (Wildman–Crippen MR) is 129 cm³/mol. The van der Waals surface area contributed by atoms with Gasteiger partial charge in [-0.2, -0.15) is 0 Å². The molecule has 198 valence electrons. The van der Waals surface area contributed by atoms with Gasteiger partial charge in [0.2, 0.25) is 0 Å². The first kappa shape index (κ1) is 31.9. The molecule has 0 spiro atoms. The molecule has 0 amide bonds. The van der Waals surface area contributed by atoms with Gasteiger partial charge >= 0.3 is 23.9 Å². The zero-order valence-corrected chi connectivity index (χ0v) is 22.2. The van der Waals surface area contributed by atoms with Crippen molar-refractivity contribution in [1.29, 1.82) is 0 Å². The smallest absolute Gasteiger partial charge is 0.305 e. The van der Waals surface area contributed by atoms with Crippen LogP contribution < -0.4 is 0 Å². The average molecular weight is 487 g/mol. The van der Waals surface area contributed by atoms with Gasteiger partial charge in [0.1, 0.15) is 31.8 Å². The van der Waals surface area contributed by atoms with E-state index in [0.29, 0.717) is 25.7 Å². The van der Waals surface area contributed by atoms with Crippen LogP contribution in [0.2, 0.25) is 0 Å². The van der Waals surface area contributed by atoms with Gasteiger partial charge in [-0.1, -0.05) is 54.4 Å². The van der Waals surface area contributed by atoms with Crippen LogP contribution in [0, 0.1) is 10.8 Å². The van der Waals surface area contributed by atoms with Gasteiger partial charge in [-0.25, -0.2) is 0 Å². The van der Waals surface area contributed by atoms with Crippen LogP contribution in [0.3, 0.4) is 0 Å². The Hall–Kier alpha value is -2.12. The minimum absolute atomic E-state index is 0.0323. The van der Waals surface area contributed by atoms with Crippen LogP contribution in [0.15, 0.2) is 0 Å². The van der Waals surface area contributed by atoms with Gasteiger partial charge in [0.05, 0.1) is 0 Å².